The quantitative estimate of drug-likeness (QED) is 0.893. The lowest BCUT2D eigenvalue weighted by atomic mass is 9.89. The molecule has 3 heteroatoms. The van der Waals surface area contributed by atoms with Crippen molar-refractivity contribution in [2.45, 2.75) is 38.1 Å². The fourth-order valence-corrected chi connectivity index (χ4v) is 3.46. The average Bonchev–Trinajstić information content (AvgIpc) is 2.91. The van der Waals surface area contributed by atoms with Crippen LogP contribution in [0.1, 0.15) is 30.9 Å². The maximum absolute atomic E-state index is 12.7. The third-order valence-corrected chi connectivity index (χ3v) is 5.18. The van der Waals surface area contributed by atoms with E-state index in [2.05, 4.69) is 41.4 Å². The topological polar surface area (TPSA) is 32.3 Å². The van der Waals surface area contributed by atoms with Crippen molar-refractivity contribution in [2.75, 3.05) is 20.1 Å². The Balaban J connectivity index is 1.62. The van der Waals surface area contributed by atoms with Crippen LogP contribution < -0.4 is 5.32 Å². The van der Waals surface area contributed by atoms with Gasteiger partial charge in [-0.25, -0.2) is 0 Å². The van der Waals surface area contributed by atoms with Crippen LogP contribution in [0.3, 0.4) is 0 Å². The van der Waals surface area contributed by atoms with Crippen molar-refractivity contribution in [3.8, 4) is 0 Å². The molecule has 0 unspecified atom stereocenters. The zero-order valence-electron chi connectivity index (χ0n) is 12.5. The maximum atomic E-state index is 12.7. The van der Waals surface area contributed by atoms with Crippen molar-refractivity contribution in [1.82, 2.24) is 10.2 Å². The summed E-state index contributed by atoms with van der Waals surface area (Å²) < 4.78 is 0. The Morgan fingerprint density at radius 1 is 1.20 bits per heavy atom. The summed E-state index contributed by atoms with van der Waals surface area (Å²) in [5.41, 5.74) is 2.93. The van der Waals surface area contributed by atoms with Gasteiger partial charge in [0.25, 0.3) is 0 Å². The molecule has 1 aromatic rings. The Kier molecular flexibility index (Phi) is 3.55. The van der Waals surface area contributed by atoms with Crippen molar-refractivity contribution in [2.24, 2.45) is 5.92 Å². The van der Waals surface area contributed by atoms with Gasteiger partial charge in [0.05, 0.1) is 0 Å². The molecule has 1 N–H and O–H groups in total. The van der Waals surface area contributed by atoms with Crippen molar-refractivity contribution < 1.29 is 4.79 Å². The van der Waals surface area contributed by atoms with E-state index in [1.807, 2.05) is 7.05 Å². The zero-order valence-corrected chi connectivity index (χ0v) is 12.5. The lowest BCUT2D eigenvalue weighted by Crippen LogP contribution is -2.52. The lowest BCUT2D eigenvalue weighted by molar-refractivity contribution is -0.136. The van der Waals surface area contributed by atoms with Crippen molar-refractivity contribution >= 4 is 5.91 Å². The fourth-order valence-electron chi connectivity index (χ4n) is 3.46. The Morgan fingerprint density at radius 3 is 2.25 bits per heavy atom. The summed E-state index contributed by atoms with van der Waals surface area (Å²) in [4.78, 5) is 14.8. The number of carbonyl (C=O) groups excluding carboxylic acids is 1. The van der Waals surface area contributed by atoms with Gasteiger partial charge in [-0.05, 0) is 50.8 Å². The molecule has 3 nitrogen and oxygen atoms in total. The summed E-state index contributed by atoms with van der Waals surface area (Å²) in [6.07, 6.45) is 3.95. The molecule has 2 aliphatic rings. The smallest absolute Gasteiger partial charge is 0.226 e. The fraction of sp³-hybridized carbons (Fsp3) is 0.588. The van der Waals surface area contributed by atoms with Crippen LogP contribution in [0.2, 0.25) is 0 Å². The van der Waals surface area contributed by atoms with Crippen LogP contribution in [0.4, 0.5) is 0 Å². The summed E-state index contributed by atoms with van der Waals surface area (Å²) in [5, 5.41) is 3.39. The summed E-state index contributed by atoms with van der Waals surface area (Å²) in [6, 6.07) is 8.48. The van der Waals surface area contributed by atoms with Gasteiger partial charge in [-0.3, -0.25) is 4.79 Å². The molecule has 1 amide bonds. The van der Waals surface area contributed by atoms with E-state index in [0.29, 0.717) is 5.91 Å². The van der Waals surface area contributed by atoms with E-state index in [4.69, 9.17) is 0 Å². The molecule has 0 spiro atoms. The number of carbonyl (C=O) groups is 1. The molecule has 108 valence electrons. The molecule has 1 saturated heterocycles. The Hall–Kier alpha value is -1.35. The van der Waals surface area contributed by atoms with Gasteiger partial charge in [0.1, 0.15) is 0 Å². The first-order valence-corrected chi connectivity index (χ1v) is 7.66. The van der Waals surface area contributed by atoms with Crippen molar-refractivity contribution in [1.29, 1.82) is 0 Å². The molecule has 20 heavy (non-hydrogen) atoms. The third-order valence-electron chi connectivity index (χ3n) is 5.18. The highest BCUT2D eigenvalue weighted by molar-refractivity contribution is 5.80. The van der Waals surface area contributed by atoms with Gasteiger partial charge in [-0.2, -0.15) is 0 Å². The van der Waals surface area contributed by atoms with Gasteiger partial charge in [0.15, 0.2) is 0 Å². The number of fused-ring (bicyclic) bond motifs is 1. The van der Waals surface area contributed by atoms with Gasteiger partial charge in [0, 0.05) is 24.5 Å². The number of hydrogen-bond acceptors (Lipinski definition) is 2. The number of likely N-dealkylation sites (tertiary alicyclic amines) is 1. The van der Waals surface area contributed by atoms with E-state index in [1.165, 1.54) is 11.1 Å². The number of amides is 1. The Bertz CT molecular complexity index is 478. The third kappa shape index (κ3) is 2.47. The number of hydrogen-bond donors (Lipinski definition) is 1. The van der Waals surface area contributed by atoms with Gasteiger partial charge in [0.2, 0.25) is 5.91 Å². The van der Waals surface area contributed by atoms with Crippen molar-refractivity contribution in [3.63, 3.8) is 0 Å². The Morgan fingerprint density at radius 2 is 1.75 bits per heavy atom. The van der Waals surface area contributed by atoms with Gasteiger partial charge < -0.3 is 10.2 Å². The van der Waals surface area contributed by atoms with Crippen LogP contribution in [-0.2, 0) is 17.6 Å². The summed E-state index contributed by atoms with van der Waals surface area (Å²) in [5.74, 6) is 0.533. The zero-order chi connectivity index (χ0) is 14.2. The van der Waals surface area contributed by atoms with Gasteiger partial charge >= 0.3 is 0 Å². The normalized spacial score (nSPS) is 21.8. The van der Waals surface area contributed by atoms with Crippen LogP contribution in [0.5, 0.6) is 0 Å². The molecule has 1 aromatic carbocycles. The van der Waals surface area contributed by atoms with E-state index >= 15 is 0 Å². The van der Waals surface area contributed by atoms with E-state index in [9.17, 15) is 4.79 Å². The molecule has 0 saturated carbocycles. The van der Waals surface area contributed by atoms with Crippen LogP contribution in [0.15, 0.2) is 24.3 Å². The van der Waals surface area contributed by atoms with E-state index in [-0.39, 0.29) is 11.5 Å². The van der Waals surface area contributed by atoms with Crippen LogP contribution in [-0.4, -0.2) is 36.5 Å². The minimum absolute atomic E-state index is 0.173. The number of rotatable bonds is 2. The number of piperidine rings is 1. The largest absolute Gasteiger partial charge is 0.342 e. The second kappa shape index (κ2) is 5.21. The van der Waals surface area contributed by atoms with Gasteiger partial charge in [-0.1, -0.05) is 24.3 Å². The molecule has 1 aliphatic carbocycles. The molecule has 1 fully saturated rings. The highest BCUT2D eigenvalue weighted by Crippen LogP contribution is 2.29. The van der Waals surface area contributed by atoms with E-state index in [0.717, 1.165) is 38.8 Å². The monoisotopic (exact) mass is 272 g/mol. The number of nitrogens with one attached hydrogen (secondary N) is 1. The SMILES string of the molecule is CNC1(C)CCN(C(=O)C2Cc3ccccc3C2)CC1. The molecule has 0 atom stereocenters. The van der Waals surface area contributed by atoms with Gasteiger partial charge in [-0.15, -0.1) is 0 Å². The Labute approximate surface area is 121 Å². The summed E-state index contributed by atoms with van der Waals surface area (Å²) in [7, 11) is 2.02. The summed E-state index contributed by atoms with van der Waals surface area (Å²) in [6.45, 7) is 4.03. The number of nitrogens with zero attached hydrogens (tertiary/aromatic N) is 1. The predicted molar refractivity (Wildman–Crippen MR) is 80.6 cm³/mol. The molecule has 1 heterocycles. The predicted octanol–water partition coefficient (Wildman–Crippen LogP) is 2.00. The number of benzene rings is 1. The molecule has 0 bridgehead atoms. The highest BCUT2D eigenvalue weighted by atomic mass is 16.2. The minimum Gasteiger partial charge on any atom is -0.342 e. The molecular weight excluding hydrogens is 248 g/mol. The van der Waals surface area contributed by atoms with Crippen LogP contribution >= 0.6 is 0 Å². The lowest BCUT2D eigenvalue weighted by Gasteiger charge is -2.40. The first kappa shape index (κ1) is 13.6. The molecule has 0 radical (unpaired) electrons. The molecule has 1 aliphatic heterocycles. The van der Waals surface area contributed by atoms with E-state index < -0.39 is 0 Å². The standard InChI is InChI=1S/C17H24N2O/c1-17(18-2)7-9-19(10-8-17)16(20)15-11-13-5-3-4-6-14(13)12-15/h3-6,15,18H,7-12H2,1-2H3. The maximum Gasteiger partial charge on any atom is 0.226 e. The van der Waals surface area contributed by atoms with Crippen molar-refractivity contribution in [3.05, 3.63) is 35.4 Å². The molecule has 0 aromatic heterocycles. The summed E-state index contributed by atoms with van der Waals surface area (Å²) >= 11 is 0. The minimum atomic E-state index is 0.173. The second-order valence-corrected chi connectivity index (χ2v) is 6.51. The first-order valence-electron chi connectivity index (χ1n) is 7.66. The molecular formula is C17H24N2O. The second-order valence-electron chi connectivity index (χ2n) is 6.51. The van der Waals surface area contributed by atoms with Crippen LogP contribution in [0.25, 0.3) is 0 Å². The highest BCUT2D eigenvalue weighted by Gasteiger charge is 2.35. The van der Waals surface area contributed by atoms with Crippen LogP contribution in [0, 0.1) is 5.92 Å². The van der Waals surface area contributed by atoms with E-state index in [1.54, 1.807) is 0 Å². The first-order chi connectivity index (χ1) is 9.61. The molecule has 3 rings (SSSR count). The average molecular weight is 272 g/mol.